The quantitative estimate of drug-likeness (QED) is 0.517. The van der Waals surface area contributed by atoms with Crippen LogP contribution in [0.4, 0.5) is 41.6 Å². The Morgan fingerprint density at radius 3 is 1.81 bits per heavy atom. The molecule has 0 unspecified atom stereocenters. The molecule has 0 saturated carbocycles. The number of ether oxygens (including phenoxy) is 1. The van der Waals surface area contributed by atoms with E-state index in [-0.39, 0.29) is 18.8 Å². The molecular weight excluding hydrogens is 434 g/mol. The number of carbonyl (C=O) groups is 2. The summed E-state index contributed by atoms with van der Waals surface area (Å²) in [6.07, 6.45) is -14.3. The summed E-state index contributed by atoms with van der Waals surface area (Å²) in [5.41, 5.74) is -5.08. The molecule has 0 aromatic heterocycles. The van der Waals surface area contributed by atoms with Gasteiger partial charge in [-0.05, 0) is 23.3 Å². The minimum atomic E-state index is -6.03. The van der Waals surface area contributed by atoms with Gasteiger partial charge in [0, 0.05) is 24.3 Å². The second-order valence-corrected chi connectivity index (χ2v) is 6.69. The van der Waals surface area contributed by atoms with Gasteiger partial charge in [0.15, 0.2) is 0 Å². The van der Waals surface area contributed by atoms with Gasteiger partial charge >= 0.3 is 24.5 Å². The molecule has 12 heteroatoms. The maximum atomic E-state index is 12.9. The SMILES string of the molecule is O=C(Nc1ccc(C(O)(C(F)(F)F)C(F)(F)F)cc1)OC(=O)N1Cc2ccccc2C1. The van der Waals surface area contributed by atoms with Gasteiger partial charge in [0.05, 0.1) is 0 Å². The first-order chi connectivity index (χ1) is 14.3. The predicted molar refractivity (Wildman–Crippen MR) is 93.6 cm³/mol. The van der Waals surface area contributed by atoms with Gasteiger partial charge in [-0.2, -0.15) is 26.3 Å². The number of hydrogen-bond donors (Lipinski definition) is 2. The van der Waals surface area contributed by atoms with Gasteiger partial charge in [-0.15, -0.1) is 0 Å². The molecule has 1 aliphatic rings. The van der Waals surface area contributed by atoms with Crippen molar-refractivity contribution in [1.29, 1.82) is 0 Å². The summed E-state index contributed by atoms with van der Waals surface area (Å²) >= 11 is 0. The molecule has 0 fully saturated rings. The van der Waals surface area contributed by atoms with Crippen LogP contribution in [0.15, 0.2) is 48.5 Å². The number of anilines is 1. The van der Waals surface area contributed by atoms with Crippen molar-refractivity contribution in [3.8, 4) is 0 Å². The third kappa shape index (κ3) is 4.29. The zero-order valence-electron chi connectivity index (χ0n) is 15.4. The van der Waals surface area contributed by atoms with Crippen molar-refractivity contribution in [2.45, 2.75) is 31.0 Å². The highest BCUT2D eigenvalue weighted by atomic mass is 19.4. The molecule has 6 nitrogen and oxygen atoms in total. The third-order valence-corrected chi connectivity index (χ3v) is 4.65. The Morgan fingerprint density at radius 1 is 0.871 bits per heavy atom. The summed E-state index contributed by atoms with van der Waals surface area (Å²) in [7, 11) is 0. The van der Waals surface area contributed by atoms with Crippen LogP contribution in [0.2, 0.25) is 0 Å². The number of hydrogen-bond acceptors (Lipinski definition) is 4. The lowest BCUT2D eigenvalue weighted by molar-refractivity contribution is -0.376. The van der Waals surface area contributed by atoms with Gasteiger partial charge in [-0.3, -0.25) is 10.2 Å². The molecule has 166 valence electrons. The zero-order valence-corrected chi connectivity index (χ0v) is 15.4. The maximum absolute atomic E-state index is 12.9. The number of rotatable bonds is 2. The van der Waals surface area contributed by atoms with E-state index in [2.05, 4.69) is 4.74 Å². The van der Waals surface area contributed by atoms with Crippen LogP contribution in [-0.4, -0.2) is 34.5 Å². The van der Waals surface area contributed by atoms with E-state index in [0.29, 0.717) is 24.3 Å². The van der Waals surface area contributed by atoms with Crippen molar-refractivity contribution in [3.63, 3.8) is 0 Å². The first-order valence-corrected chi connectivity index (χ1v) is 8.64. The fourth-order valence-electron chi connectivity index (χ4n) is 3.03. The molecule has 0 spiro atoms. The van der Waals surface area contributed by atoms with E-state index in [1.807, 2.05) is 5.32 Å². The Kier molecular flexibility index (Phi) is 5.61. The molecule has 1 aliphatic heterocycles. The van der Waals surface area contributed by atoms with E-state index in [9.17, 15) is 41.0 Å². The second-order valence-electron chi connectivity index (χ2n) is 6.69. The number of carbonyl (C=O) groups excluding carboxylic acids is 2. The predicted octanol–water partition coefficient (Wildman–Crippen LogP) is 4.68. The van der Waals surface area contributed by atoms with Crippen LogP contribution < -0.4 is 5.32 Å². The molecule has 2 aromatic rings. The first-order valence-electron chi connectivity index (χ1n) is 8.64. The Hall–Kier alpha value is -3.28. The summed E-state index contributed by atoms with van der Waals surface area (Å²) in [6, 6.07) is 9.28. The van der Waals surface area contributed by atoms with Crippen LogP contribution in [0.5, 0.6) is 0 Å². The number of nitrogens with one attached hydrogen (secondary N) is 1. The summed E-state index contributed by atoms with van der Waals surface area (Å²) in [4.78, 5) is 25.2. The van der Waals surface area contributed by atoms with Gasteiger partial charge in [-0.1, -0.05) is 36.4 Å². The largest absolute Gasteiger partial charge is 0.430 e. The highest BCUT2D eigenvalue weighted by Gasteiger charge is 2.71. The van der Waals surface area contributed by atoms with E-state index in [1.54, 1.807) is 24.3 Å². The van der Waals surface area contributed by atoms with Gasteiger partial charge in [0.2, 0.25) is 0 Å². The van der Waals surface area contributed by atoms with Gasteiger partial charge < -0.3 is 9.84 Å². The minimum Gasteiger partial charge on any atom is -0.369 e. The molecule has 31 heavy (non-hydrogen) atoms. The molecule has 0 radical (unpaired) electrons. The maximum Gasteiger partial charge on any atom is 0.430 e. The molecule has 2 aromatic carbocycles. The van der Waals surface area contributed by atoms with E-state index in [4.69, 9.17) is 0 Å². The van der Waals surface area contributed by atoms with Crippen molar-refractivity contribution in [3.05, 3.63) is 65.2 Å². The topological polar surface area (TPSA) is 78.9 Å². The van der Waals surface area contributed by atoms with Crippen LogP contribution in [0.3, 0.4) is 0 Å². The molecule has 3 rings (SSSR count). The van der Waals surface area contributed by atoms with Gasteiger partial charge in [-0.25, -0.2) is 9.59 Å². The van der Waals surface area contributed by atoms with E-state index < -0.39 is 35.7 Å². The lowest BCUT2D eigenvalue weighted by Gasteiger charge is -2.32. The molecule has 0 saturated heterocycles. The van der Waals surface area contributed by atoms with Crippen LogP contribution >= 0.6 is 0 Å². The minimum absolute atomic E-state index is 0.213. The van der Waals surface area contributed by atoms with Gasteiger partial charge in [0.1, 0.15) is 0 Å². The number of halogens is 6. The summed E-state index contributed by atoms with van der Waals surface area (Å²) < 4.78 is 81.9. The molecule has 0 aliphatic carbocycles. The van der Waals surface area contributed by atoms with Crippen molar-refractivity contribution < 1.29 is 45.8 Å². The molecular formula is C19H14F6N2O4. The average Bonchev–Trinajstić information content (AvgIpc) is 3.10. The summed E-state index contributed by atoms with van der Waals surface area (Å²) in [6.45, 7) is 0.425. The average molecular weight is 448 g/mol. The monoisotopic (exact) mass is 448 g/mol. The summed E-state index contributed by atoms with van der Waals surface area (Å²) in [5, 5.41) is 11.4. The smallest absolute Gasteiger partial charge is 0.369 e. The van der Waals surface area contributed by atoms with Crippen LogP contribution in [-0.2, 0) is 23.4 Å². The van der Waals surface area contributed by atoms with Crippen LogP contribution in [0.1, 0.15) is 16.7 Å². The highest BCUT2D eigenvalue weighted by Crippen LogP contribution is 2.50. The number of fused-ring (bicyclic) bond motifs is 1. The van der Waals surface area contributed by atoms with Crippen molar-refractivity contribution in [2.75, 3.05) is 5.32 Å². The van der Waals surface area contributed by atoms with Crippen LogP contribution in [0, 0.1) is 0 Å². The van der Waals surface area contributed by atoms with Crippen LogP contribution in [0.25, 0.3) is 0 Å². The highest BCUT2D eigenvalue weighted by molar-refractivity contribution is 5.92. The molecule has 0 bridgehead atoms. The Balaban J connectivity index is 1.65. The number of amides is 2. The van der Waals surface area contributed by atoms with Crippen molar-refractivity contribution in [2.24, 2.45) is 0 Å². The second kappa shape index (κ2) is 7.76. The lowest BCUT2D eigenvalue weighted by atomic mass is 9.92. The number of aliphatic hydroxyl groups is 1. The number of benzene rings is 2. The van der Waals surface area contributed by atoms with Crippen molar-refractivity contribution >= 4 is 17.9 Å². The molecule has 2 amide bonds. The Labute approximate surface area is 171 Å². The van der Waals surface area contributed by atoms with E-state index in [1.165, 1.54) is 4.90 Å². The summed E-state index contributed by atoms with van der Waals surface area (Å²) in [5.74, 6) is 0. The molecule has 1 heterocycles. The number of nitrogens with zero attached hydrogens (tertiary/aromatic N) is 1. The lowest BCUT2D eigenvalue weighted by Crippen LogP contribution is -2.53. The molecule has 2 N–H and O–H groups in total. The molecule has 0 atom stereocenters. The fraction of sp³-hybridized carbons (Fsp3) is 0.263. The standard InChI is InChI=1S/C19H14F6N2O4/c20-18(21,22)17(30,19(23,24)25)13-5-7-14(8-6-13)26-15(28)31-16(29)27-9-11-3-1-2-4-12(11)10-27/h1-8,30H,9-10H2,(H,26,28). The fourth-order valence-corrected chi connectivity index (χ4v) is 3.03. The Morgan fingerprint density at radius 2 is 1.35 bits per heavy atom. The van der Waals surface area contributed by atoms with E-state index >= 15 is 0 Å². The van der Waals surface area contributed by atoms with Gasteiger partial charge in [0.25, 0.3) is 5.60 Å². The van der Waals surface area contributed by atoms with E-state index in [0.717, 1.165) is 11.1 Å². The normalized spacial score (nSPS) is 14.2. The third-order valence-electron chi connectivity index (χ3n) is 4.65. The number of alkyl halides is 6. The van der Waals surface area contributed by atoms with Crippen molar-refractivity contribution in [1.82, 2.24) is 4.90 Å². The zero-order chi connectivity index (χ0) is 23.0. The Bertz CT molecular complexity index is 949. The first kappa shape index (κ1) is 22.4.